The van der Waals surface area contributed by atoms with Crippen LogP contribution >= 0.6 is 35.3 Å². The molecule has 0 aliphatic carbocycles. The molecule has 0 saturated carbocycles. The van der Waals surface area contributed by atoms with Crippen molar-refractivity contribution in [2.24, 2.45) is 10.9 Å². The van der Waals surface area contributed by atoms with Gasteiger partial charge in [0.1, 0.15) is 0 Å². The minimum atomic E-state index is 0. The van der Waals surface area contributed by atoms with Crippen molar-refractivity contribution in [3.63, 3.8) is 0 Å². The smallest absolute Gasteiger partial charge is 0.191 e. The van der Waals surface area contributed by atoms with Crippen LogP contribution in [0.25, 0.3) is 0 Å². The third-order valence-electron chi connectivity index (χ3n) is 3.71. The lowest BCUT2D eigenvalue weighted by atomic mass is 10.1. The van der Waals surface area contributed by atoms with E-state index in [1.807, 2.05) is 11.3 Å². The number of aliphatic imine (C=N–C) groups is 1. The molecule has 7 heteroatoms. The Morgan fingerprint density at radius 3 is 2.80 bits per heavy atom. The first-order valence-corrected chi connectivity index (χ1v) is 9.75. The fourth-order valence-electron chi connectivity index (χ4n) is 2.38. The van der Waals surface area contributed by atoms with Gasteiger partial charge >= 0.3 is 0 Å². The molecule has 1 aromatic rings. The van der Waals surface area contributed by atoms with Crippen molar-refractivity contribution < 1.29 is 4.74 Å². The van der Waals surface area contributed by atoms with Gasteiger partial charge in [-0.3, -0.25) is 4.99 Å². The van der Waals surface area contributed by atoms with Crippen LogP contribution in [0, 0.1) is 5.92 Å². The van der Waals surface area contributed by atoms with Gasteiger partial charge in [0.2, 0.25) is 0 Å². The van der Waals surface area contributed by atoms with Gasteiger partial charge in [0, 0.05) is 51.3 Å². The molecule has 0 spiro atoms. The molecule has 0 aliphatic rings. The van der Waals surface area contributed by atoms with Crippen LogP contribution in [0.15, 0.2) is 22.5 Å². The predicted molar refractivity (Wildman–Crippen MR) is 121 cm³/mol. The molecule has 0 aromatic carbocycles. The summed E-state index contributed by atoms with van der Waals surface area (Å²) >= 11 is 1.83. The van der Waals surface area contributed by atoms with E-state index in [2.05, 4.69) is 53.9 Å². The SMILES string of the molecule is CCNC(=NCC(C)Cc1cccs1)NCCN(C)CCCOC.I. The zero-order valence-corrected chi connectivity index (χ0v) is 19.2. The number of halogens is 1. The molecule has 5 nitrogen and oxygen atoms in total. The highest BCUT2D eigenvalue weighted by Crippen LogP contribution is 2.14. The predicted octanol–water partition coefficient (Wildman–Crippen LogP) is 3.07. The highest BCUT2D eigenvalue weighted by atomic mass is 127. The number of thiophene rings is 1. The highest BCUT2D eigenvalue weighted by molar-refractivity contribution is 14.0. The number of hydrogen-bond donors (Lipinski definition) is 2. The molecule has 1 unspecified atom stereocenters. The van der Waals surface area contributed by atoms with E-state index < -0.39 is 0 Å². The van der Waals surface area contributed by atoms with Crippen LogP contribution in [0.2, 0.25) is 0 Å². The number of methoxy groups -OCH3 is 1. The van der Waals surface area contributed by atoms with E-state index in [0.29, 0.717) is 5.92 Å². The standard InChI is InChI=1S/C18H34N4OS.HI/c1-5-19-18(20-9-11-22(3)10-7-12-23-4)21-15-16(2)14-17-8-6-13-24-17;/h6,8,13,16H,5,7,9-12,14-15H2,1-4H3,(H2,19,20,21);1H. The second kappa shape index (κ2) is 15.8. The molecule has 1 rings (SSSR count). The van der Waals surface area contributed by atoms with Gasteiger partial charge < -0.3 is 20.3 Å². The van der Waals surface area contributed by atoms with E-state index in [9.17, 15) is 0 Å². The Morgan fingerprint density at radius 2 is 2.16 bits per heavy atom. The van der Waals surface area contributed by atoms with Gasteiger partial charge in [-0.15, -0.1) is 35.3 Å². The van der Waals surface area contributed by atoms with E-state index >= 15 is 0 Å². The second-order valence-electron chi connectivity index (χ2n) is 6.18. The topological polar surface area (TPSA) is 48.9 Å². The van der Waals surface area contributed by atoms with Crippen molar-refractivity contribution in [1.29, 1.82) is 0 Å². The van der Waals surface area contributed by atoms with Gasteiger partial charge in [-0.2, -0.15) is 0 Å². The monoisotopic (exact) mass is 482 g/mol. The Labute approximate surface area is 174 Å². The Balaban J connectivity index is 0.00000576. The number of hydrogen-bond acceptors (Lipinski definition) is 4. The van der Waals surface area contributed by atoms with E-state index in [-0.39, 0.29) is 24.0 Å². The summed E-state index contributed by atoms with van der Waals surface area (Å²) in [4.78, 5) is 8.48. The van der Waals surface area contributed by atoms with Crippen molar-refractivity contribution >= 4 is 41.3 Å². The van der Waals surface area contributed by atoms with Crippen LogP contribution in [-0.4, -0.2) is 64.3 Å². The molecule has 146 valence electrons. The summed E-state index contributed by atoms with van der Waals surface area (Å²) in [5.41, 5.74) is 0. The van der Waals surface area contributed by atoms with Gasteiger partial charge in [0.05, 0.1) is 0 Å². The first-order valence-electron chi connectivity index (χ1n) is 8.87. The van der Waals surface area contributed by atoms with Gasteiger partial charge in [-0.1, -0.05) is 13.0 Å². The maximum Gasteiger partial charge on any atom is 0.191 e. The summed E-state index contributed by atoms with van der Waals surface area (Å²) in [6, 6.07) is 4.32. The molecule has 0 radical (unpaired) electrons. The van der Waals surface area contributed by atoms with Crippen molar-refractivity contribution in [2.75, 3.05) is 53.5 Å². The number of guanidine groups is 1. The zero-order valence-electron chi connectivity index (χ0n) is 16.1. The fraction of sp³-hybridized carbons (Fsp3) is 0.722. The van der Waals surface area contributed by atoms with Crippen LogP contribution in [0.5, 0.6) is 0 Å². The summed E-state index contributed by atoms with van der Waals surface area (Å²) in [6.07, 6.45) is 2.17. The van der Waals surface area contributed by atoms with Gasteiger partial charge in [0.15, 0.2) is 5.96 Å². The summed E-state index contributed by atoms with van der Waals surface area (Å²) in [5.74, 6) is 1.47. The van der Waals surface area contributed by atoms with Crippen LogP contribution in [0.4, 0.5) is 0 Å². The third-order valence-corrected chi connectivity index (χ3v) is 4.61. The lowest BCUT2D eigenvalue weighted by molar-refractivity contribution is 0.180. The number of nitrogens with zero attached hydrogens (tertiary/aromatic N) is 2. The maximum absolute atomic E-state index is 5.09. The molecule has 0 fully saturated rings. The van der Waals surface area contributed by atoms with Crippen LogP contribution in [0.1, 0.15) is 25.1 Å². The normalized spacial score (nSPS) is 12.8. The largest absolute Gasteiger partial charge is 0.385 e. The molecule has 1 aromatic heterocycles. The molecule has 25 heavy (non-hydrogen) atoms. The number of nitrogens with one attached hydrogen (secondary N) is 2. The number of likely N-dealkylation sites (N-methyl/N-ethyl adjacent to an activating group) is 1. The molecular formula is C18H35IN4OS. The second-order valence-corrected chi connectivity index (χ2v) is 7.22. The fourth-order valence-corrected chi connectivity index (χ4v) is 3.25. The summed E-state index contributed by atoms with van der Waals surface area (Å²) in [7, 11) is 3.89. The van der Waals surface area contributed by atoms with Crippen molar-refractivity contribution in [3.05, 3.63) is 22.4 Å². The maximum atomic E-state index is 5.09. The molecule has 2 N–H and O–H groups in total. The Morgan fingerprint density at radius 1 is 1.36 bits per heavy atom. The molecule has 0 saturated heterocycles. The minimum Gasteiger partial charge on any atom is -0.385 e. The van der Waals surface area contributed by atoms with Crippen LogP contribution < -0.4 is 10.6 Å². The summed E-state index contributed by atoms with van der Waals surface area (Å²) in [5, 5.41) is 8.89. The zero-order chi connectivity index (χ0) is 17.6. The lowest BCUT2D eigenvalue weighted by Crippen LogP contribution is -2.41. The molecule has 0 aliphatic heterocycles. The highest BCUT2D eigenvalue weighted by Gasteiger charge is 2.05. The van der Waals surface area contributed by atoms with Crippen LogP contribution in [-0.2, 0) is 11.2 Å². The third kappa shape index (κ3) is 12.6. The summed E-state index contributed by atoms with van der Waals surface area (Å²) < 4.78 is 5.09. The molecule has 0 amide bonds. The molecular weight excluding hydrogens is 447 g/mol. The van der Waals surface area contributed by atoms with Crippen molar-refractivity contribution in [1.82, 2.24) is 15.5 Å². The quantitative estimate of drug-likeness (QED) is 0.208. The number of rotatable bonds is 12. The Hall–Kier alpha value is -0.380. The van der Waals surface area contributed by atoms with Crippen molar-refractivity contribution in [3.8, 4) is 0 Å². The minimum absolute atomic E-state index is 0. The van der Waals surface area contributed by atoms with Crippen molar-refractivity contribution in [2.45, 2.75) is 26.7 Å². The van der Waals surface area contributed by atoms with E-state index in [4.69, 9.17) is 9.73 Å². The lowest BCUT2D eigenvalue weighted by Gasteiger charge is -2.18. The first-order chi connectivity index (χ1) is 11.7. The van der Waals surface area contributed by atoms with E-state index in [1.54, 1.807) is 7.11 Å². The van der Waals surface area contributed by atoms with Gasteiger partial charge in [0.25, 0.3) is 0 Å². The Kier molecular flexibility index (Phi) is 15.6. The molecule has 0 bridgehead atoms. The average Bonchev–Trinajstić information content (AvgIpc) is 3.05. The van der Waals surface area contributed by atoms with Gasteiger partial charge in [-0.05, 0) is 44.2 Å². The van der Waals surface area contributed by atoms with E-state index in [0.717, 1.165) is 58.1 Å². The average molecular weight is 482 g/mol. The molecule has 1 heterocycles. The molecule has 1 atom stereocenters. The van der Waals surface area contributed by atoms with Gasteiger partial charge in [-0.25, -0.2) is 0 Å². The first kappa shape index (κ1) is 24.6. The Bertz CT molecular complexity index is 442. The summed E-state index contributed by atoms with van der Waals surface area (Å²) in [6.45, 7) is 9.86. The number of ether oxygens (including phenoxy) is 1. The van der Waals surface area contributed by atoms with E-state index in [1.165, 1.54) is 4.88 Å². The van der Waals surface area contributed by atoms with Crippen LogP contribution in [0.3, 0.4) is 0 Å².